The van der Waals surface area contributed by atoms with Gasteiger partial charge in [-0.2, -0.15) is 0 Å². The maximum atomic E-state index is 13.0. The number of carbonyl (C=O) groups is 3. The third-order valence-corrected chi connectivity index (χ3v) is 5.03. The Balaban J connectivity index is 1.57. The third-order valence-electron chi connectivity index (χ3n) is 5.03. The van der Waals surface area contributed by atoms with Crippen molar-refractivity contribution in [2.24, 2.45) is 5.92 Å². The van der Waals surface area contributed by atoms with E-state index in [1.165, 1.54) is 0 Å². The van der Waals surface area contributed by atoms with Crippen molar-refractivity contribution in [3.8, 4) is 0 Å². The van der Waals surface area contributed by atoms with Crippen molar-refractivity contribution in [1.29, 1.82) is 0 Å². The standard InChI is InChI=1S/C20H27N3O5/c1-13(2)12-15(21-18(24)16-17(28-16)20(26)27)19(25)23-10-8-22(9-11-23)14-6-4-3-5-7-14/h3-7,13,15-17H,8-12H2,1-2H3,(H,21,24)(H,26,27)/t15-,16-,17-/m0/s1. The molecule has 28 heavy (non-hydrogen) atoms. The van der Waals surface area contributed by atoms with Crippen molar-refractivity contribution in [3.05, 3.63) is 30.3 Å². The van der Waals surface area contributed by atoms with Gasteiger partial charge in [-0.25, -0.2) is 4.79 Å². The van der Waals surface area contributed by atoms with Crippen LogP contribution in [0.3, 0.4) is 0 Å². The first-order valence-electron chi connectivity index (χ1n) is 9.64. The Hall–Kier alpha value is -2.61. The van der Waals surface area contributed by atoms with E-state index < -0.39 is 30.1 Å². The lowest BCUT2D eigenvalue weighted by Crippen LogP contribution is -2.56. The summed E-state index contributed by atoms with van der Waals surface area (Å²) in [5.74, 6) is -1.62. The summed E-state index contributed by atoms with van der Waals surface area (Å²) in [7, 11) is 0. The van der Waals surface area contributed by atoms with E-state index in [0.29, 0.717) is 19.5 Å². The molecule has 0 bridgehead atoms. The lowest BCUT2D eigenvalue weighted by molar-refractivity contribution is -0.138. The zero-order valence-electron chi connectivity index (χ0n) is 16.2. The van der Waals surface area contributed by atoms with Crippen molar-refractivity contribution < 1.29 is 24.2 Å². The molecule has 2 heterocycles. The van der Waals surface area contributed by atoms with Crippen LogP contribution in [-0.2, 0) is 19.1 Å². The van der Waals surface area contributed by atoms with Gasteiger partial charge in [0.2, 0.25) is 5.91 Å². The van der Waals surface area contributed by atoms with Gasteiger partial charge in [0, 0.05) is 31.9 Å². The van der Waals surface area contributed by atoms with E-state index in [1.54, 1.807) is 4.90 Å². The van der Waals surface area contributed by atoms with Gasteiger partial charge in [0.05, 0.1) is 0 Å². The number of benzene rings is 1. The average molecular weight is 389 g/mol. The highest BCUT2D eigenvalue weighted by atomic mass is 16.6. The number of hydrogen-bond acceptors (Lipinski definition) is 5. The first-order valence-corrected chi connectivity index (χ1v) is 9.64. The fourth-order valence-corrected chi connectivity index (χ4v) is 3.49. The number of para-hydroxylation sites is 1. The Kier molecular flexibility index (Phi) is 6.18. The molecule has 2 aliphatic heterocycles. The van der Waals surface area contributed by atoms with Crippen LogP contribution in [0.25, 0.3) is 0 Å². The minimum absolute atomic E-state index is 0.123. The molecule has 0 radical (unpaired) electrons. The molecule has 3 atom stereocenters. The number of carboxylic acid groups (broad SMARTS) is 1. The van der Waals surface area contributed by atoms with Crippen LogP contribution < -0.4 is 10.2 Å². The molecule has 0 spiro atoms. The molecule has 2 saturated heterocycles. The van der Waals surface area contributed by atoms with Crippen LogP contribution in [0.1, 0.15) is 20.3 Å². The van der Waals surface area contributed by atoms with E-state index in [0.717, 1.165) is 18.8 Å². The van der Waals surface area contributed by atoms with Crippen LogP contribution in [-0.4, -0.2) is 72.2 Å². The molecule has 1 aromatic carbocycles. The second kappa shape index (κ2) is 8.60. The third kappa shape index (κ3) is 4.81. The molecule has 2 fully saturated rings. The molecular formula is C20H27N3O5. The second-order valence-corrected chi connectivity index (χ2v) is 7.65. The molecule has 0 aromatic heterocycles. The highest BCUT2D eigenvalue weighted by Gasteiger charge is 2.51. The molecule has 1 aromatic rings. The molecule has 0 unspecified atom stereocenters. The zero-order chi connectivity index (χ0) is 20.3. The predicted molar refractivity (Wildman–Crippen MR) is 103 cm³/mol. The van der Waals surface area contributed by atoms with Crippen molar-refractivity contribution in [1.82, 2.24) is 10.2 Å². The van der Waals surface area contributed by atoms with E-state index in [1.807, 2.05) is 44.2 Å². The predicted octanol–water partition coefficient (Wildman–Crippen LogP) is 0.718. The normalized spacial score (nSPS) is 22.7. The van der Waals surface area contributed by atoms with E-state index in [9.17, 15) is 14.4 Å². The Morgan fingerprint density at radius 1 is 1.11 bits per heavy atom. The van der Waals surface area contributed by atoms with Gasteiger partial charge in [-0.3, -0.25) is 9.59 Å². The minimum atomic E-state index is -1.16. The molecule has 2 N–H and O–H groups in total. The van der Waals surface area contributed by atoms with Gasteiger partial charge in [-0.15, -0.1) is 0 Å². The quantitative estimate of drug-likeness (QED) is 0.666. The van der Waals surface area contributed by atoms with Gasteiger partial charge in [-0.05, 0) is 24.5 Å². The number of ether oxygens (including phenoxy) is 1. The van der Waals surface area contributed by atoms with Gasteiger partial charge in [0.15, 0.2) is 12.2 Å². The number of epoxide rings is 1. The largest absolute Gasteiger partial charge is 0.479 e. The van der Waals surface area contributed by atoms with Crippen molar-refractivity contribution in [3.63, 3.8) is 0 Å². The van der Waals surface area contributed by atoms with Gasteiger partial charge in [0.25, 0.3) is 5.91 Å². The van der Waals surface area contributed by atoms with Crippen LogP contribution in [0, 0.1) is 5.92 Å². The fraction of sp³-hybridized carbons (Fsp3) is 0.550. The molecule has 0 aliphatic carbocycles. The van der Waals surface area contributed by atoms with Gasteiger partial charge in [-0.1, -0.05) is 32.0 Å². The lowest BCUT2D eigenvalue weighted by atomic mass is 10.0. The Labute approximate surface area is 164 Å². The zero-order valence-corrected chi connectivity index (χ0v) is 16.2. The number of carbonyl (C=O) groups excluding carboxylic acids is 2. The van der Waals surface area contributed by atoms with Crippen molar-refractivity contribution >= 4 is 23.5 Å². The van der Waals surface area contributed by atoms with Crippen LogP contribution in [0.4, 0.5) is 5.69 Å². The number of rotatable bonds is 7. The number of piperazine rings is 1. The van der Waals surface area contributed by atoms with E-state index >= 15 is 0 Å². The molecule has 2 aliphatic rings. The van der Waals surface area contributed by atoms with Crippen molar-refractivity contribution in [2.45, 2.75) is 38.5 Å². The summed E-state index contributed by atoms with van der Waals surface area (Å²) in [6.45, 7) is 6.57. The highest BCUT2D eigenvalue weighted by Crippen LogP contribution is 2.23. The van der Waals surface area contributed by atoms with Gasteiger partial charge >= 0.3 is 5.97 Å². The fourth-order valence-electron chi connectivity index (χ4n) is 3.49. The summed E-state index contributed by atoms with van der Waals surface area (Å²) in [6, 6.07) is 9.38. The molecule has 0 saturated carbocycles. The SMILES string of the molecule is CC(C)C[C@H](NC(=O)[C@H]1O[C@@H]1C(=O)O)C(=O)N1CCN(c2ccccc2)CC1. The Bertz CT molecular complexity index is 716. The second-order valence-electron chi connectivity index (χ2n) is 7.65. The van der Waals surface area contributed by atoms with Crippen LogP contribution in [0.15, 0.2) is 30.3 Å². The number of nitrogens with one attached hydrogen (secondary N) is 1. The van der Waals surface area contributed by atoms with E-state index in [4.69, 9.17) is 9.84 Å². The summed E-state index contributed by atoms with van der Waals surface area (Å²) in [5, 5.41) is 11.6. The van der Waals surface area contributed by atoms with E-state index in [-0.39, 0.29) is 11.8 Å². The average Bonchev–Trinajstić information content (AvgIpc) is 3.49. The topological polar surface area (TPSA) is 102 Å². The summed E-state index contributed by atoms with van der Waals surface area (Å²) in [5.41, 5.74) is 1.13. The maximum absolute atomic E-state index is 13.0. The summed E-state index contributed by atoms with van der Waals surface area (Å²) < 4.78 is 4.89. The molecular weight excluding hydrogens is 362 g/mol. The van der Waals surface area contributed by atoms with E-state index in [2.05, 4.69) is 10.2 Å². The first kappa shape index (κ1) is 20.1. The summed E-state index contributed by atoms with van der Waals surface area (Å²) in [4.78, 5) is 40.2. The number of nitrogens with zero attached hydrogens (tertiary/aromatic N) is 2. The van der Waals surface area contributed by atoms with Gasteiger partial charge in [0.1, 0.15) is 6.04 Å². The molecule has 8 heteroatoms. The maximum Gasteiger partial charge on any atom is 0.336 e. The number of hydrogen-bond donors (Lipinski definition) is 2. The molecule has 8 nitrogen and oxygen atoms in total. The molecule has 152 valence electrons. The highest BCUT2D eigenvalue weighted by molar-refractivity contribution is 5.95. The van der Waals surface area contributed by atoms with Crippen LogP contribution in [0.5, 0.6) is 0 Å². The minimum Gasteiger partial charge on any atom is -0.479 e. The number of amides is 2. The first-order chi connectivity index (χ1) is 13.4. The van der Waals surface area contributed by atoms with Crippen LogP contribution >= 0.6 is 0 Å². The number of carboxylic acids is 1. The molecule has 3 rings (SSSR count). The summed E-state index contributed by atoms with van der Waals surface area (Å²) >= 11 is 0. The Morgan fingerprint density at radius 3 is 2.29 bits per heavy atom. The smallest absolute Gasteiger partial charge is 0.336 e. The molecule has 2 amide bonds. The van der Waals surface area contributed by atoms with Crippen molar-refractivity contribution in [2.75, 3.05) is 31.1 Å². The van der Waals surface area contributed by atoms with Gasteiger partial charge < -0.3 is 25.0 Å². The monoisotopic (exact) mass is 389 g/mol. The number of anilines is 1. The van der Waals surface area contributed by atoms with Crippen LogP contribution in [0.2, 0.25) is 0 Å². The summed E-state index contributed by atoms with van der Waals surface area (Å²) in [6.07, 6.45) is -1.62. The lowest BCUT2D eigenvalue weighted by Gasteiger charge is -2.38. The Morgan fingerprint density at radius 2 is 1.75 bits per heavy atom. The number of aliphatic carboxylic acids is 1.